The van der Waals surface area contributed by atoms with Gasteiger partial charge < -0.3 is 9.64 Å². The zero-order valence-electron chi connectivity index (χ0n) is 13.3. The summed E-state index contributed by atoms with van der Waals surface area (Å²) in [5.74, 6) is 0.0772. The number of hydrogen-bond donors (Lipinski definition) is 1. The Kier molecular flexibility index (Phi) is 6.63. The van der Waals surface area contributed by atoms with Crippen molar-refractivity contribution in [2.24, 2.45) is 5.10 Å². The third kappa shape index (κ3) is 5.54. The first kappa shape index (κ1) is 18.3. The van der Waals surface area contributed by atoms with E-state index in [-0.39, 0.29) is 12.5 Å². The van der Waals surface area contributed by atoms with Crippen LogP contribution >= 0.6 is 27.5 Å². The number of carbonyl (C=O) groups is 1. The third-order valence-electron chi connectivity index (χ3n) is 3.07. The van der Waals surface area contributed by atoms with E-state index in [4.69, 9.17) is 16.3 Å². The van der Waals surface area contributed by atoms with Gasteiger partial charge in [0.05, 0.1) is 11.2 Å². The Labute approximate surface area is 154 Å². The van der Waals surface area contributed by atoms with Gasteiger partial charge in [0.2, 0.25) is 0 Å². The zero-order valence-corrected chi connectivity index (χ0v) is 15.6. The molecule has 2 aromatic carbocycles. The van der Waals surface area contributed by atoms with Crippen LogP contribution in [0.25, 0.3) is 0 Å². The van der Waals surface area contributed by atoms with Crippen molar-refractivity contribution >= 4 is 45.3 Å². The van der Waals surface area contributed by atoms with Gasteiger partial charge in [0, 0.05) is 24.3 Å². The summed E-state index contributed by atoms with van der Waals surface area (Å²) in [5, 5.41) is 4.34. The fourth-order valence-corrected chi connectivity index (χ4v) is 2.53. The quantitative estimate of drug-likeness (QED) is 0.583. The van der Waals surface area contributed by atoms with Crippen molar-refractivity contribution in [2.45, 2.75) is 0 Å². The third-order valence-corrected chi connectivity index (χ3v) is 3.85. The number of nitrogens with zero attached hydrogens (tertiary/aromatic N) is 2. The van der Waals surface area contributed by atoms with E-state index in [2.05, 4.69) is 26.5 Å². The van der Waals surface area contributed by atoms with Gasteiger partial charge in [-0.25, -0.2) is 5.43 Å². The summed E-state index contributed by atoms with van der Waals surface area (Å²) in [6.07, 6.45) is 1.57. The Bertz CT molecular complexity index is 733. The van der Waals surface area contributed by atoms with Crippen molar-refractivity contribution in [2.75, 3.05) is 25.6 Å². The van der Waals surface area contributed by atoms with Crippen LogP contribution in [0, 0.1) is 0 Å². The molecule has 1 amide bonds. The van der Waals surface area contributed by atoms with E-state index in [0.717, 1.165) is 15.7 Å². The Hall–Kier alpha value is -2.05. The number of carbonyl (C=O) groups excluding carboxylic acids is 1. The number of halogens is 2. The first-order valence-electron chi connectivity index (χ1n) is 7.13. The molecular formula is C17H17BrClN3O2. The van der Waals surface area contributed by atoms with E-state index in [1.807, 2.05) is 43.3 Å². The summed E-state index contributed by atoms with van der Waals surface area (Å²) in [6, 6.07) is 13.0. The number of anilines is 1. The summed E-state index contributed by atoms with van der Waals surface area (Å²) >= 11 is 9.32. The molecule has 0 spiro atoms. The summed E-state index contributed by atoms with van der Waals surface area (Å²) in [6.45, 7) is -0.168. The molecule has 0 atom stereocenters. The average Bonchev–Trinajstić information content (AvgIpc) is 2.54. The minimum atomic E-state index is -0.366. The highest BCUT2D eigenvalue weighted by Crippen LogP contribution is 2.27. The van der Waals surface area contributed by atoms with Gasteiger partial charge >= 0.3 is 0 Å². The summed E-state index contributed by atoms with van der Waals surface area (Å²) in [7, 11) is 3.95. The molecule has 2 aromatic rings. The van der Waals surface area contributed by atoms with Crippen molar-refractivity contribution < 1.29 is 9.53 Å². The number of benzene rings is 2. The summed E-state index contributed by atoms with van der Waals surface area (Å²) in [4.78, 5) is 13.7. The SMILES string of the molecule is CN(C)c1ccc(/C=N/NC(=O)COc2ccc(Br)cc2Cl)cc1. The van der Waals surface area contributed by atoms with Gasteiger partial charge in [-0.3, -0.25) is 4.79 Å². The molecule has 0 heterocycles. The number of ether oxygens (including phenoxy) is 1. The lowest BCUT2D eigenvalue weighted by atomic mass is 10.2. The summed E-state index contributed by atoms with van der Waals surface area (Å²) in [5.41, 5.74) is 4.39. The van der Waals surface area contributed by atoms with E-state index in [9.17, 15) is 4.79 Å². The molecule has 0 aliphatic rings. The van der Waals surface area contributed by atoms with Crippen molar-refractivity contribution in [1.29, 1.82) is 0 Å². The molecule has 0 unspecified atom stereocenters. The Balaban J connectivity index is 1.82. The van der Waals surface area contributed by atoms with E-state index in [0.29, 0.717) is 10.8 Å². The van der Waals surface area contributed by atoms with Crippen LogP contribution in [0.2, 0.25) is 5.02 Å². The van der Waals surface area contributed by atoms with E-state index in [1.165, 1.54) is 0 Å². The van der Waals surface area contributed by atoms with Crippen LogP contribution < -0.4 is 15.1 Å². The molecule has 0 radical (unpaired) electrons. The maximum Gasteiger partial charge on any atom is 0.277 e. The highest BCUT2D eigenvalue weighted by molar-refractivity contribution is 9.10. The lowest BCUT2D eigenvalue weighted by Gasteiger charge is -2.11. The molecular weight excluding hydrogens is 394 g/mol. The van der Waals surface area contributed by atoms with Gasteiger partial charge in [-0.05, 0) is 35.9 Å². The molecule has 2 rings (SSSR count). The maximum atomic E-state index is 11.7. The number of nitrogens with one attached hydrogen (secondary N) is 1. The van der Waals surface area contributed by atoms with Crippen molar-refractivity contribution in [1.82, 2.24) is 5.43 Å². The molecule has 0 bridgehead atoms. The Morgan fingerprint density at radius 2 is 2.00 bits per heavy atom. The van der Waals surface area contributed by atoms with Gasteiger partial charge in [0.1, 0.15) is 5.75 Å². The molecule has 24 heavy (non-hydrogen) atoms. The molecule has 126 valence electrons. The zero-order chi connectivity index (χ0) is 17.5. The Morgan fingerprint density at radius 1 is 1.29 bits per heavy atom. The second-order valence-electron chi connectivity index (χ2n) is 5.14. The van der Waals surface area contributed by atoms with Crippen molar-refractivity contribution in [3.8, 4) is 5.75 Å². The fourth-order valence-electron chi connectivity index (χ4n) is 1.81. The average molecular weight is 411 g/mol. The van der Waals surface area contributed by atoms with Crippen LogP contribution in [0.3, 0.4) is 0 Å². The van der Waals surface area contributed by atoms with Crippen LogP contribution in [-0.2, 0) is 4.79 Å². The second-order valence-corrected chi connectivity index (χ2v) is 6.47. The molecule has 0 saturated carbocycles. The predicted octanol–water partition coefficient (Wildman–Crippen LogP) is 3.70. The monoisotopic (exact) mass is 409 g/mol. The lowest BCUT2D eigenvalue weighted by Crippen LogP contribution is -2.24. The first-order chi connectivity index (χ1) is 11.5. The van der Waals surface area contributed by atoms with E-state index in [1.54, 1.807) is 24.4 Å². The van der Waals surface area contributed by atoms with Gasteiger partial charge in [-0.1, -0.05) is 39.7 Å². The van der Waals surface area contributed by atoms with Crippen LogP contribution in [-0.4, -0.2) is 32.8 Å². The maximum absolute atomic E-state index is 11.7. The van der Waals surface area contributed by atoms with Crippen LogP contribution in [0.4, 0.5) is 5.69 Å². The predicted molar refractivity (Wildman–Crippen MR) is 101 cm³/mol. The minimum absolute atomic E-state index is 0.168. The standard InChI is InChI=1S/C17H17BrClN3O2/c1-22(2)14-6-3-12(4-7-14)10-20-21-17(23)11-24-16-8-5-13(18)9-15(16)19/h3-10H,11H2,1-2H3,(H,21,23)/b20-10+. The lowest BCUT2D eigenvalue weighted by molar-refractivity contribution is -0.123. The summed E-state index contributed by atoms with van der Waals surface area (Å²) < 4.78 is 6.20. The van der Waals surface area contributed by atoms with Gasteiger partial charge in [-0.15, -0.1) is 0 Å². The normalized spacial score (nSPS) is 10.7. The number of amides is 1. The molecule has 5 nitrogen and oxygen atoms in total. The van der Waals surface area contributed by atoms with Crippen LogP contribution in [0.1, 0.15) is 5.56 Å². The van der Waals surface area contributed by atoms with Gasteiger partial charge in [-0.2, -0.15) is 5.10 Å². The topological polar surface area (TPSA) is 53.9 Å². The van der Waals surface area contributed by atoms with Crippen molar-refractivity contribution in [3.63, 3.8) is 0 Å². The highest BCUT2D eigenvalue weighted by atomic mass is 79.9. The molecule has 0 fully saturated rings. The Morgan fingerprint density at radius 3 is 2.62 bits per heavy atom. The second kappa shape index (κ2) is 8.70. The highest BCUT2D eigenvalue weighted by Gasteiger charge is 2.05. The van der Waals surface area contributed by atoms with Crippen LogP contribution in [0.15, 0.2) is 52.0 Å². The van der Waals surface area contributed by atoms with Gasteiger partial charge in [0.25, 0.3) is 5.91 Å². The molecule has 0 aliphatic carbocycles. The number of hydrogen-bond acceptors (Lipinski definition) is 4. The first-order valence-corrected chi connectivity index (χ1v) is 8.30. The number of rotatable bonds is 6. The molecule has 0 aromatic heterocycles. The van der Waals surface area contributed by atoms with E-state index >= 15 is 0 Å². The number of hydrazone groups is 1. The molecule has 1 N–H and O–H groups in total. The minimum Gasteiger partial charge on any atom is -0.482 e. The van der Waals surface area contributed by atoms with Gasteiger partial charge in [0.15, 0.2) is 6.61 Å². The smallest absolute Gasteiger partial charge is 0.277 e. The van der Waals surface area contributed by atoms with Crippen molar-refractivity contribution in [3.05, 3.63) is 57.5 Å². The largest absolute Gasteiger partial charge is 0.482 e. The molecule has 0 saturated heterocycles. The molecule has 0 aliphatic heterocycles. The molecule has 7 heteroatoms. The fraction of sp³-hybridized carbons (Fsp3) is 0.176. The van der Waals surface area contributed by atoms with Crippen LogP contribution in [0.5, 0.6) is 5.75 Å². The van der Waals surface area contributed by atoms with E-state index < -0.39 is 0 Å².